The number of benzene rings is 2. The molecule has 4 rings (SSSR count). The van der Waals surface area contributed by atoms with E-state index in [9.17, 15) is 0 Å². The van der Waals surface area contributed by atoms with Crippen LogP contribution in [0.3, 0.4) is 0 Å². The van der Waals surface area contributed by atoms with Gasteiger partial charge in [0.15, 0.2) is 0 Å². The van der Waals surface area contributed by atoms with E-state index in [-0.39, 0.29) is 58.4 Å². The largest absolute Gasteiger partial charge is 4.00 e. The van der Waals surface area contributed by atoms with E-state index in [0.29, 0.717) is 0 Å². The summed E-state index contributed by atoms with van der Waals surface area (Å²) in [7, 11) is 0. The van der Waals surface area contributed by atoms with E-state index in [4.69, 9.17) is 0 Å². The number of fused-ring (bicyclic) bond motifs is 3. The molecule has 0 heterocycles. The number of halogens is 2. The maximum Gasteiger partial charge on any atom is 4.00 e. The van der Waals surface area contributed by atoms with E-state index >= 15 is 0 Å². The van der Waals surface area contributed by atoms with Crippen LogP contribution in [0.4, 0.5) is 0 Å². The molecule has 0 spiro atoms. The Morgan fingerprint density at radius 3 is 1.68 bits per heavy atom. The molecule has 0 radical (unpaired) electrons. The standard InChI is InChI=1S/C13H9.C5H5.CH4.2ClH.Zr/c1-3-7-12-10(5-1)9-11-6-2-4-8-13(11)12;1-2-4-5-3-1;;;;/h1-9H;1-3H,4H2;1H4;2*1H;/q2*-1;;;;+4/p-2. The maximum atomic E-state index is 2.99. The molecule has 1 aliphatic rings. The van der Waals surface area contributed by atoms with Crippen molar-refractivity contribution in [2.75, 3.05) is 0 Å². The fraction of sp³-hybridized carbons (Fsp3) is 0.105. The van der Waals surface area contributed by atoms with Gasteiger partial charge in [0.1, 0.15) is 0 Å². The summed E-state index contributed by atoms with van der Waals surface area (Å²) in [6, 6.07) is 19.3. The van der Waals surface area contributed by atoms with Crippen LogP contribution < -0.4 is 24.8 Å². The Balaban J connectivity index is 0. The Kier molecular flexibility index (Phi) is 12.6. The third kappa shape index (κ3) is 5.47. The van der Waals surface area contributed by atoms with Crippen LogP contribution in [0.5, 0.6) is 0 Å². The van der Waals surface area contributed by atoms with Gasteiger partial charge < -0.3 is 24.8 Å². The van der Waals surface area contributed by atoms with E-state index in [0.717, 1.165) is 6.42 Å². The molecule has 0 saturated heterocycles. The van der Waals surface area contributed by atoms with Crippen molar-refractivity contribution in [2.45, 2.75) is 13.8 Å². The monoisotopic (exact) mass is 406 g/mol. The summed E-state index contributed by atoms with van der Waals surface area (Å²) in [6.07, 6.45) is 10.0. The van der Waals surface area contributed by atoms with E-state index in [2.05, 4.69) is 66.7 Å². The molecule has 0 unspecified atom stereocenters. The van der Waals surface area contributed by atoms with Crippen molar-refractivity contribution in [3.05, 3.63) is 78.9 Å². The van der Waals surface area contributed by atoms with Crippen molar-refractivity contribution < 1.29 is 51.0 Å². The maximum absolute atomic E-state index is 2.99. The van der Waals surface area contributed by atoms with Gasteiger partial charge in [-0.15, -0.1) is 46.2 Å². The summed E-state index contributed by atoms with van der Waals surface area (Å²) < 4.78 is 0. The van der Waals surface area contributed by atoms with Crippen molar-refractivity contribution in [1.29, 1.82) is 0 Å². The van der Waals surface area contributed by atoms with E-state index in [1.165, 1.54) is 21.5 Å². The van der Waals surface area contributed by atoms with Crippen molar-refractivity contribution >= 4 is 21.5 Å². The minimum atomic E-state index is 0. The summed E-state index contributed by atoms with van der Waals surface area (Å²) in [5.41, 5.74) is 0. The van der Waals surface area contributed by atoms with Gasteiger partial charge in [-0.05, 0) is 0 Å². The van der Waals surface area contributed by atoms with Crippen LogP contribution in [0, 0.1) is 6.08 Å². The molecule has 3 aromatic carbocycles. The SMILES string of the molecule is C.[C-]1=CC=CC1.[Cl-].[Cl-].[Zr+4].c1ccc2c(c1)[cH-]c1ccccc12. The van der Waals surface area contributed by atoms with Crippen molar-refractivity contribution in [2.24, 2.45) is 0 Å². The predicted molar refractivity (Wildman–Crippen MR) is 85.3 cm³/mol. The zero-order valence-corrected chi connectivity index (χ0v) is 15.4. The Hall–Kier alpha value is -0.747. The van der Waals surface area contributed by atoms with Crippen LogP contribution in [0.25, 0.3) is 21.5 Å². The van der Waals surface area contributed by atoms with Gasteiger partial charge in [-0.25, -0.2) is 12.2 Å². The molecule has 0 nitrogen and oxygen atoms in total. The van der Waals surface area contributed by atoms with Crippen molar-refractivity contribution in [3.8, 4) is 0 Å². The number of allylic oxidation sites excluding steroid dienone is 4. The fourth-order valence-electron chi connectivity index (χ4n) is 2.24. The van der Waals surface area contributed by atoms with E-state index < -0.39 is 0 Å². The topological polar surface area (TPSA) is 0 Å². The van der Waals surface area contributed by atoms with Crippen LogP contribution in [0.15, 0.2) is 72.8 Å². The molecular weight excluding hydrogens is 390 g/mol. The van der Waals surface area contributed by atoms with Gasteiger partial charge in [-0.3, -0.25) is 6.08 Å². The fourth-order valence-corrected chi connectivity index (χ4v) is 2.24. The van der Waals surface area contributed by atoms with Crippen molar-refractivity contribution in [1.82, 2.24) is 0 Å². The molecule has 0 atom stereocenters. The van der Waals surface area contributed by atoms with Crippen LogP contribution in [-0.4, -0.2) is 0 Å². The average molecular weight is 408 g/mol. The van der Waals surface area contributed by atoms with Crippen LogP contribution >= 0.6 is 0 Å². The van der Waals surface area contributed by atoms with Gasteiger partial charge in [-0.1, -0.05) is 43.8 Å². The summed E-state index contributed by atoms with van der Waals surface area (Å²) in [5, 5.41) is 5.39. The molecule has 3 heteroatoms. The predicted octanol–water partition coefficient (Wildman–Crippen LogP) is -0.341. The Bertz CT molecular complexity index is 666. The molecule has 1 aliphatic carbocycles. The molecule has 3 aromatic rings. The smallest absolute Gasteiger partial charge is 1.00 e. The average Bonchev–Trinajstić information content (AvgIpc) is 3.10. The van der Waals surface area contributed by atoms with Crippen LogP contribution in [-0.2, 0) is 26.2 Å². The molecule has 0 N–H and O–H groups in total. The molecule has 0 amide bonds. The quantitative estimate of drug-likeness (QED) is 0.447. The second kappa shape index (κ2) is 11.8. The zero-order valence-electron chi connectivity index (χ0n) is 11.4. The van der Waals surface area contributed by atoms with Gasteiger partial charge in [0.2, 0.25) is 0 Å². The molecule has 0 saturated carbocycles. The molecule has 112 valence electrons. The van der Waals surface area contributed by atoms with Crippen molar-refractivity contribution in [3.63, 3.8) is 0 Å². The summed E-state index contributed by atoms with van der Waals surface area (Å²) >= 11 is 0. The second-order valence-corrected chi connectivity index (χ2v) is 4.32. The Labute approximate surface area is 164 Å². The van der Waals surface area contributed by atoms with E-state index in [1.54, 1.807) is 0 Å². The first-order valence-corrected chi connectivity index (χ1v) is 6.20. The van der Waals surface area contributed by atoms with Gasteiger partial charge in [-0.2, -0.15) is 6.08 Å². The molecular formula is C19H18Cl2Zr. The van der Waals surface area contributed by atoms with Gasteiger partial charge in [0.25, 0.3) is 0 Å². The second-order valence-electron chi connectivity index (χ2n) is 4.32. The first-order chi connectivity index (χ1) is 8.95. The van der Waals surface area contributed by atoms with Gasteiger partial charge in [0.05, 0.1) is 0 Å². The minimum Gasteiger partial charge on any atom is -1.00 e. The van der Waals surface area contributed by atoms with E-state index in [1.807, 2.05) is 12.2 Å². The van der Waals surface area contributed by atoms with Crippen LogP contribution in [0.2, 0.25) is 0 Å². The molecule has 0 aliphatic heterocycles. The Morgan fingerprint density at radius 1 is 0.818 bits per heavy atom. The normalized spacial score (nSPS) is 10.5. The molecule has 0 fully saturated rings. The molecule has 22 heavy (non-hydrogen) atoms. The third-order valence-electron chi connectivity index (χ3n) is 3.11. The summed E-state index contributed by atoms with van der Waals surface area (Å²) in [5.74, 6) is 0. The van der Waals surface area contributed by atoms with Crippen LogP contribution in [0.1, 0.15) is 13.8 Å². The minimum absolute atomic E-state index is 0. The van der Waals surface area contributed by atoms with Gasteiger partial charge >= 0.3 is 26.2 Å². The zero-order chi connectivity index (χ0) is 12.2. The number of hydrogen-bond donors (Lipinski definition) is 0. The number of rotatable bonds is 0. The molecule has 0 bridgehead atoms. The first-order valence-electron chi connectivity index (χ1n) is 6.20. The summed E-state index contributed by atoms with van der Waals surface area (Å²) in [4.78, 5) is 0. The third-order valence-corrected chi connectivity index (χ3v) is 3.11. The number of hydrogen-bond acceptors (Lipinski definition) is 0. The summed E-state index contributed by atoms with van der Waals surface area (Å²) in [6.45, 7) is 0. The molecule has 0 aromatic heterocycles. The Morgan fingerprint density at radius 2 is 1.32 bits per heavy atom. The van der Waals surface area contributed by atoms with Gasteiger partial charge in [0, 0.05) is 0 Å². The first kappa shape index (κ1) is 23.5.